The Kier molecular flexibility index (Phi) is 5.04. The van der Waals surface area contributed by atoms with Gasteiger partial charge in [0.1, 0.15) is 0 Å². The molecule has 0 amide bonds. The first-order valence-corrected chi connectivity index (χ1v) is 9.00. The Balaban J connectivity index is 1.87. The molecule has 112 valence electrons. The van der Waals surface area contributed by atoms with Gasteiger partial charge in [0.15, 0.2) is 4.80 Å². The van der Waals surface area contributed by atoms with Gasteiger partial charge in [0, 0.05) is 18.1 Å². The lowest BCUT2D eigenvalue weighted by Gasteiger charge is -2.21. The van der Waals surface area contributed by atoms with Crippen LogP contribution in [0.4, 0.5) is 5.69 Å². The molecule has 0 spiro atoms. The van der Waals surface area contributed by atoms with Gasteiger partial charge >= 0.3 is 0 Å². The second-order valence-corrected chi connectivity index (χ2v) is 7.18. The van der Waals surface area contributed by atoms with E-state index in [-0.39, 0.29) is 0 Å². The fourth-order valence-corrected chi connectivity index (χ4v) is 3.94. The van der Waals surface area contributed by atoms with Crippen LogP contribution in [0.25, 0.3) is 0 Å². The lowest BCUT2D eigenvalue weighted by molar-refractivity contribution is 0.317. The van der Waals surface area contributed by atoms with Crippen molar-refractivity contribution in [2.45, 2.75) is 38.6 Å². The van der Waals surface area contributed by atoms with Gasteiger partial charge in [-0.05, 0) is 30.9 Å². The maximum absolute atomic E-state index is 6.22. The average molecular weight is 341 g/mol. The molecule has 0 aliphatic heterocycles. The molecule has 1 aliphatic rings. The molecule has 1 aliphatic carbocycles. The fourth-order valence-electron chi connectivity index (χ4n) is 2.86. The summed E-state index contributed by atoms with van der Waals surface area (Å²) in [6.45, 7) is 1.06. The number of rotatable bonds is 3. The third-order valence-electron chi connectivity index (χ3n) is 3.99. The van der Waals surface area contributed by atoms with E-state index in [1.807, 2.05) is 12.1 Å². The molecule has 1 heterocycles. The van der Waals surface area contributed by atoms with Crippen molar-refractivity contribution >= 4 is 40.2 Å². The molecule has 0 atom stereocenters. The second-order valence-electron chi connectivity index (χ2n) is 5.53. The first kappa shape index (κ1) is 15.1. The van der Waals surface area contributed by atoms with Gasteiger partial charge in [-0.25, -0.2) is 4.99 Å². The van der Waals surface area contributed by atoms with Crippen LogP contribution in [0.1, 0.15) is 32.1 Å². The van der Waals surface area contributed by atoms with Crippen LogP contribution in [-0.2, 0) is 6.54 Å². The van der Waals surface area contributed by atoms with Crippen LogP contribution >= 0.6 is 34.5 Å². The van der Waals surface area contributed by atoms with Crippen LogP contribution in [-0.4, -0.2) is 4.57 Å². The lowest BCUT2D eigenvalue weighted by atomic mass is 9.89. The predicted molar refractivity (Wildman–Crippen MR) is 90.6 cm³/mol. The maximum atomic E-state index is 6.22. The van der Waals surface area contributed by atoms with E-state index < -0.39 is 0 Å². The highest BCUT2D eigenvalue weighted by molar-refractivity contribution is 7.07. The zero-order valence-corrected chi connectivity index (χ0v) is 14.1. The van der Waals surface area contributed by atoms with Gasteiger partial charge in [-0.2, -0.15) is 0 Å². The lowest BCUT2D eigenvalue weighted by Crippen LogP contribution is -2.21. The van der Waals surface area contributed by atoms with Crippen molar-refractivity contribution in [2.75, 3.05) is 0 Å². The van der Waals surface area contributed by atoms with Crippen LogP contribution in [0.15, 0.2) is 34.8 Å². The van der Waals surface area contributed by atoms with E-state index in [1.54, 1.807) is 17.4 Å². The largest absolute Gasteiger partial charge is 0.323 e. The van der Waals surface area contributed by atoms with Crippen molar-refractivity contribution in [3.63, 3.8) is 0 Å². The molecule has 0 N–H and O–H groups in total. The fraction of sp³-hybridized carbons (Fsp3) is 0.438. The molecule has 2 nitrogen and oxygen atoms in total. The van der Waals surface area contributed by atoms with Gasteiger partial charge in [-0.15, -0.1) is 11.3 Å². The Morgan fingerprint density at radius 3 is 2.81 bits per heavy atom. The maximum Gasteiger partial charge on any atom is 0.189 e. The normalized spacial score (nSPS) is 17.3. The SMILES string of the molecule is Clc1cccc(N=c2sccn2CC2CCCCC2)c1Cl. The molecule has 0 radical (unpaired) electrons. The minimum absolute atomic E-state index is 0.525. The van der Waals surface area contributed by atoms with Crippen LogP contribution in [0.2, 0.25) is 10.0 Å². The first-order valence-electron chi connectivity index (χ1n) is 7.37. The van der Waals surface area contributed by atoms with Crippen molar-refractivity contribution in [3.05, 3.63) is 44.6 Å². The van der Waals surface area contributed by atoms with E-state index in [9.17, 15) is 0 Å². The summed E-state index contributed by atoms with van der Waals surface area (Å²) in [4.78, 5) is 5.68. The van der Waals surface area contributed by atoms with Gasteiger partial charge in [0.2, 0.25) is 0 Å². The average Bonchev–Trinajstić information content (AvgIpc) is 2.92. The summed E-state index contributed by atoms with van der Waals surface area (Å²) in [6.07, 6.45) is 8.90. The summed E-state index contributed by atoms with van der Waals surface area (Å²) in [5, 5.41) is 3.16. The third-order valence-corrected chi connectivity index (χ3v) is 5.59. The molecule has 1 aromatic heterocycles. The molecule has 5 heteroatoms. The van der Waals surface area contributed by atoms with Crippen molar-refractivity contribution in [3.8, 4) is 0 Å². The summed E-state index contributed by atoms with van der Waals surface area (Å²) in [5.41, 5.74) is 0.740. The van der Waals surface area contributed by atoms with Crippen LogP contribution in [0.5, 0.6) is 0 Å². The number of hydrogen-bond donors (Lipinski definition) is 0. The summed E-state index contributed by atoms with van der Waals surface area (Å²) < 4.78 is 2.25. The van der Waals surface area contributed by atoms with E-state index in [4.69, 9.17) is 28.2 Å². The zero-order valence-electron chi connectivity index (χ0n) is 11.8. The zero-order chi connectivity index (χ0) is 14.7. The molecule has 0 bridgehead atoms. The molecule has 0 unspecified atom stereocenters. The number of thiazole rings is 1. The molecule has 2 aromatic rings. The summed E-state index contributed by atoms with van der Waals surface area (Å²) in [5.74, 6) is 0.780. The molecular formula is C16H18Cl2N2S. The van der Waals surface area contributed by atoms with Gasteiger partial charge in [0.25, 0.3) is 0 Å². The number of halogens is 2. The Morgan fingerprint density at radius 1 is 1.19 bits per heavy atom. The van der Waals surface area contributed by atoms with E-state index in [1.165, 1.54) is 32.1 Å². The summed E-state index contributed by atoms with van der Waals surface area (Å²) in [7, 11) is 0. The van der Waals surface area contributed by atoms with Gasteiger partial charge < -0.3 is 4.57 Å². The van der Waals surface area contributed by atoms with E-state index >= 15 is 0 Å². The Bertz CT molecular complexity index is 669. The van der Waals surface area contributed by atoms with Crippen molar-refractivity contribution in [1.82, 2.24) is 4.57 Å². The van der Waals surface area contributed by atoms with Crippen molar-refractivity contribution in [1.29, 1.82) is 0 Å². The summed E-state index contributed by atoms with van der Waals surface area (Å²) in [6, 6.07) is 5.57. The number of benzene rings is 1. The van der Waals surface area contributed by atoms with Crippen molar-refractivity contribution < 1.29 is 0 Å². The minimum atomic E-state index is 0.525. The van der Waals surface area contributed by atoms with Gasteiger partial charge in [-0.3, -0.25) is 0 Å². The van der Waals surface area contributed by atoms with Crippen LogP contribution in [0, 0.1) is 5.92 Å². The highest BCUT2D eigenvalue weighted by Gasteiger charge is 2.14. The minimum Gasteiger partial charge on any atom is -0.323 e. The molecule has 1 aromatic carbocycles. The monoisotopic (exact) mass is 340 g/mol. The Hall–Kier alpha value is -0.770. The van der Waals surface area contributed by atoms with Gasteiger partial charge in [0.05, 0.1) is 15.7 Å². The topological polar surface area (TPSA) is 17.3 Å². The smallest absolute Gasteiger partial charge is 0.189 e. The van der Waals surface area contributed by atoms with Crippen molar-refractivity contribution in [2.24, 2.45) is 10.9 Å². The highest BCUT2D eigenvalue weighted by atomic mass is 35.5. The summed E-state index contributed by atoms with van der Waals surface area (Å²) >= 11 is 13.9. The predicted octanol–water partition coefficient (Wildman–Crippen LogP) is 5.67. The van der Waals surface area contributed by atoms with E-state index in [2.05, 4.69) is 16.1 Å². The first-order chi connectivity index (χ1) is 10.2. The quantitative estimate of drug-likeness (QED) is 0.684. The molecule has 1 fully saturated rings. The van der Waals surface area contributed by atoms with E-state index in [0.717, 1.165) is 23.0 Å². The van der Waals surface area contributed by atoms with E-state index in [0.29, 0.717) is 10.0 Å². The molecular weight excluding hydrogens is 323 g/mol. The molecule has 1 saturated carbocycles. The second kappa shape index (κ2) is 6.99. The molecule has 0 saturated heterocycles. The number of aromatic nitrogens is 1. The Morgan fingerprint density at radius 2 is 2.00 bits per heavy atom. The third kappa shape index (κ3) is 3.71. The van der Waals surface area contributed by atoms with Crippen LogP contribution in [0.3, 0.4) is 0 Å². The standard InChI is InChI=1S/C16H18Cl2N2S/c17-13-7-4-8-14(15(13)18)19-16-20(9-10-21-16)11-12-5-2-1-3-6-12/h4,7-10,12H,1-3,5-6,11H2. The molecule has 21 heavy (non-hydrogen) atoms. The van der Waals surface area contributed by atoms with Gasteiger partial charge in [-0.1, -0.05) is 48.5 Å². The number of hydrogen-bond acceptors (Lipinski definition) is 2. The Labute approximate surface area is 139 Å². The highest BCUT2D eigenvalue weighted by Crippen LogP contribution is 2.31. The molecule has 3 rings (SSSR count). The number of nitrogens with zero attached hydrogens (tertiary/aromatic N) is 2. The van der Waals surface area contributed by atoms with Crippen LogP contribution < -0.4 is 4.80 Å².